The number of hydrogen-bond acceptors (Lipinski definition) is 4. The molecule has 2 heterocycles. The minimum Gasteiger partial charge on any atom is -0.339 e. The van der Waals surface area contributed by atoms with Crippen molar-refractivity contribution in [3.8, 4) is 5.69 Å². The van der Waals surface area contributed by atoms with Gasteiger partial charge in [0.15, 0.2) is 0 Å². The lowest BCUT2D eigenvalue weighted by molar-refractivity contribution is -0.130. The summed E-state index contributed by atoms with van der Waals surface area (Å²) in [5.41, 5.74) is 1.34. The number of aryl methyl sites for hydroxylation is 2. The van der Waals surface area contributed by atoms with Gasteiger partial charge in [0, 0.05) is 19.0 Å². The molecule has 1 aromatic carbocycles. The van der Waals surface area contributed by atoms with Crippen molar-refractivity contribution in [2.45, 2.75) is 26.7 Å². The standard InChI is InChI=1S/C19H22FN5O2/c1-4-17(26)24-9-7-14(8-10-24)18(27)22-19-21-13(3)23-25(19)16-6-5-15(20)11-12(16)2/h4-6,11,14H,1,7-10H2,2-3H3,(H,21,22,23,27). The summed E-state index contributed by atoms with van der Waals surface area (Å²) >= 11 is 0. The molecule has 1 saturated heterocycles. The molecule has 1 aliphatic heterocycles. The Labute approximate surface area is 156 Å². The maximum Gasteiger partial charge on any atom is 0.245 e. The molecule has 1 aliphatic rings. The van der Waals surface area contributed by atoms with Crippen LogP contribution in [-0.4, -0.2) is 44.6 Å². The number of carbonyl (C=O) groups is 2. The number of nitrogens with zero attached hydrogens (tertiary/aromatic N) is 4. The van der Waals surface area contributed by atoms with Gasteiger partial charge in [-0.05, 0) is 56.5 Å². The van der Waals surface area contributed by atoms with Crippen molar-refractivity contribution in [1.82, 2.24) is 19.7 Å². The second kappa shape index (κ2) is 7.69. The molecule has 0 aliphatic carbocycles. The van der Waals surface area contributed by atoms with Crippen LogP contribution in [0.2, 0.25) is 0 Å². The molecule has 7 nitrogen and oxygen atoms in total. The summed E-state index contributed by atoms with van der Waals surface area (Å²) in [6.07, 6.45) is 2.44. The van der Waals surface area contributed by atoms with E-state index in [-0.39, 0.29) is 23.5 Å². The molecule has 142 valence electrons. The second-order valence-electron chi connectivity index (χ2n) is 6.62. The number of anilines is 1. The number of halogens is 1. The normalized spacial score (nSPS) is 14.9. The quantitative estimate of drug-likeness (QED) is 0.837. The number of nitrogens with one attached hydrogen (secondary N) is 1. The summed E-state index contributed by atoms with van der Waals surface area (Å²) in [6, 6.07) is 4.36. The van der Waals surface area contributed by atoms with Gasteiger partial charge in [0.25, 0.3) is 0 Å². The van der Waals surface area contributed by atoms with Crippen molar-refractivity contribution in [1.29, 1.82) is 0 Å². The maximum absolute atomic E-state index is 13.4. The molecule has 2 aromatic rings. The summed E-state index contributed by atoms with van der Waals surface area (Å²) in [5, 5.41) is 7.15. The molecule has 0 unspecified atom stereocenters. The van der Waals surface area contributed by atoms with Gasteiger partial charge in [0.2, 0.25) is 17.8 Å². The molecule has 0 bridgehead atoms. The third kappa shape index (κ3) is 4.05. The minimum atomic E-state index is -0.334. The Kier molecular flexibility index (Phi) is 5.34. The van der Waals surface area contributed by atoms with E-state index in [1.54, 1.807) is 24.8 Å². The van der Waals surface area contributed by atoms with Crippen LogP contribution in [0.3, 0.4) is 0 Å². The molecule has 8 heteroatoms. The highest BCUT2D eigenvalue weighted by atomic mass is 19.1. The van der Waals surface area contributed by atoms with Gasteiger partial charge in [-0.2, -0.15) is 9.67 Å². The Balaban J connectivity index is 1.74. The Morgan fingerprint density at radius 2 is 2.00 bits per heavy atom. The number of benzene rings is 1. The number of amides is 2. The fourth-order valence-corrected chi connectivity index (χ4v) is 3.22. The van der Waals surface area contributed by atoms with E-state index < -0.39 is 0 Å². The van der Waals surface area contributed by atoms with Crippen molar-refractivity contribution >= 4 is 17.8 Å². The highest BCUT2D eigenvalue weighted by Crippen LogP contribution is 2.22. The molecular formula is C19H22FN5O2. The van der Waals surface area contributed by atoms with Crippen LogP contribution in [0.4, 0.5) is 10.3 Å². The molecule has 0 spiro atoms. The van der Waals surface area contributed by atoms with Gasteiger partial charge in [-0.25, -0.2) is 4.39 Å². The number of carbonyl (C=O) groups excluding carboxylic acids is 2. The van der Waals surface area contributed by atoms with Crippen LogP contribution in [0.5, 0.6) is 0 Å². The van der Waals surface area contributed by atoms with E-state index in [1.807, 2.05) is 0 Å². The smallest absolute Gasteiger partial charge is 0.245 e. The van der Waals surface area contributed by atoms with Gasteiger partial charge in [-0.1, -0.05) is 6.58 Å². The Morgan fingerprint density at radius 1 is 1.30 bits per heavy atom. The molecule has 1 N–H and O–H groups in total. The number of aromatic nitrogens is 3. The number of piperidine rings is 1. The van der Waals surface area contributed by atoms with E-state index in [4.69, 9.17) is 0 Å². The zero-order valence-electron chi connectivity index (χ0n) is 15.4. The monoisotopic (exact) mass is 371 g/mol. The molecule has 1 aromatic heterocycles. The van der Waals surface area contributed by atoms with Crippen LogP contribution in [0.25, 0.3) is 5.69 Å². The first-order chi connectivity index (χ1) is 12.9. The van der Waals surface area contributed by atoms with Gasteiger partial charge < -0.3 is 4.90 Å². The van der Waals surface area contributed by atoms with Crippen LogP contribution in [0.1, 0.15) is 24.2 Å². The third-order valence-electron chi connectivity index (χ3n) is 4.69. The lowest BCUT2D eigenvalue weighted by atomic mass is 9.96. The Hall–Kier alpha value is -3.03. The summed E-state index contributed by atoms with van der Waals surface area (Å²) < 4.78 is 14.9. The predicted octanol–water partition coefficient (Wildman–Crippen LogP) is 2.39. The summed E-state index contributed by atoms with van der Waals surface area (Å²) in [5.74, 6) is -0.0134. The van der Waals surface area contributed by atoms with Crippen molar-refractivity contribution in [3.63, 3.8) is 0 Å². The average molecular weight is 371 g/mol. The van der Waals surface area contributed by atoms with E-state index in [2.05, 4.69) is 22.0 Å². The van der Waals surface area contributed by atoms with Crippen LogP contribution in [-0.2, 0) is 9.59 Å². The zero-order chi connectivity index (χ0) is 19.6. The van der Waals surface area contributed by atoms with Crippen molar-refractivity contribution < 1.29 is 14.0 Å². The molecule has 0 atom stereocenters. The maximum atomic E-state index is 13.4. The van der Waals surface area contributed by atoms with Crippen LogP contribution >= 0.6 is 0 Å². The molecular weight excluding hydrogens is 349 g/mol. The number of hydrogen-bond donors (Lipinski definition) is 1. The summed E-state index contributed by atoms with van der Waals surface area (Å²) in [4.78, 5) is 30.3. The fraction of sp³-hybridized carbons (Fsp3) is 0.368. The molecule has 1 fully saturated rings. The van der Waals surface area contributed by atoms with Gasteiger partial charge in [-0.15, -0.1) is 5.10 Å². The van der Waals surface area contributed by atoms with Crippen LogP contribution in [0.15, 0.2) is 30.9 Å². The lowest BCUT2D eigenvalue weighted by Crippen LogP contribution is -2.40. The largest absolute Gasteiger partial charge is 0.339 e. The van der Waals surface area contributed by atoms with Gasteiger partial charge in [0.05, 0.1) is 5.69 Å². The van der Waals surface area contributed by atoms with E-state index in [1.165, 1.54) is 22.9 Å². The van der Waals surface area contributed by atoms with Gasteiger partial charge in [-0.3, -0.25) is 14.9 Å². The first-order valence-electron chi connectivity index (χ1n) is 8.81. The minimum absolute atomic E-state index is 0.115. The van der Waals surface area contributed by atoms with Crippen molar-refractivity contribution in [2.24, 2.45) is 5.92 Å². The summed E-state index contributed by atoms with van der Waals surface area (Å²) in [6.45, 7) is 8.02. The van der Waals surface area contributed by atoms with Crippen molar-refractivity contribution in [3.05, 3.63) is 48.1 Å². The van der Waals surface area contributed by atoms with E-state index >= 15 is 0 Å². The van der Waals surface area contributed by atoms with Crippen LogP contribution < -0.4 is 5.32 Å². The SMILES string of the molecule is C=CC(=O)N1CCC(C(=O)Nc2nc(C)nn2-c2ccc(F)cc2C)CC1. The van der Waals surface area contributed by atoms with Crippen molar-refractivity contribution in [2.75, 3.05) is 18.4 Å². The second-order valence-corrected chi connectivity index (χ2v) is 6.62. The Morgan fingerprint density at radius 3 is 2.63 bits per heavy atom. The Bertz CT molecular complexity index is 884. The van der Waals surface area contributed by atoms with E-state index in [9.17, 15) is 14.0 Å². The van der Waals surface area contributed by atoms with Gasteiger partial charge in [0.1, 0.15) is 11.6 Å². The number of rotatable bonds is 4. The molecule has 0 radical (unpaired) electrons. The van der Waals surface area contributed by atoms with Gasteiger partial charge >= 0.3 is 0 Å². The average Bonchev–Trinajstić information content (AvgIpc) is 3.01. The predicted molar refractivity (Wildman–Crippen MR) is 98.9 cm³/mol. The molecule has 0 saturated carbocycles. The first-order valence-corrected chi connectivity index (χ1v) is 8.81. The van der Waals surface area contributed by atoms with Crippen LogP contribution in [0, 0.1) is 25.6 Å². The highest BCUT2D eigenvalue weighted by Gasteiger charge is 2.27. The number of likely N-dealkylation sites (tertiary alicyclic amines) is 1. The fourth-order valence-electron chi connectivity index (χ4n) is 3.22. The lowest BCUT2D eigenvalue weighted by Gasteiger charge is -2.30. The molecule has 2 amide bonds. The molecule has 27 heavy (non-hydrogen) atoms. The topological polar surface area (TPSA) is 80.1 Å². The van der Waals surface area contributed by atoms with E-state index in [0.29, 0.717) is 49.0 Å². The zero-order valence-corrected chi connectivity index (χ0v) is 15.4. The highest BCUT2D eigenvalue weighted by molar-refractivity contribution is 5.92. The van der Waals surface area contributed by atoms with E-state index in [0.717, 1.165) is 0 Å². The molecule has 3 rings (SSSR count). The first kappa shape index (κ1) is 18.8. The summed E-state index contributed by atoms with van der Waals surface area (Å²) in [7, 11) is 0. The third-order valence-corrected chi connectivity index (χ3v) is 4.69.